The van der Waals surface area contributed by atoms with Crippen LogP contribution in [0.1, 0.15) is 36.6 Å². The van der Waals surface area contributed by atoms with Crippen LogP contribution in [0.3, 0.4) is 0 Å². The maximum Gasteiger partial charge on any atom is 0.140 e. The van der Waals surface area contributed by atoms with Gasteiger partial charge in [0.2, 0.25) is 0 Å². The predicted molar refractivity (Wildman–Crippen MR) is 130 cm³/mol. The van der Waals surface area contributed by atoms with Crippen LogP contribution in [0.5, 0.6) is 5.75 Å². The summed E-state index contributed by atoms with van der Waals surface area (Å²) in [5.41, 5.74) is 4.85. The molecule has 4 rings (SSSR count). The minimum Gasteiger partial charge on any atom is -0.508 e. The van der Waals surface area contributed by atoms with Gasteiger partial charge in [-0.15, -0.1) is 0 Å². The zero-order chi connectivity index (χ0) is 22.2. The minimum absolute atomic E-state index is 0.300. The fourth-order valence-corrected chi connectivity index (χ4v) is 4.02. The third-order valence-electron chi connectivity index (χ3n) is 5.68. The lowest BCUT2D eigenvalue weighted by atomic mass is 10.1. The van der Waals surface area contributed by atoms with E-state index in [2.05, 4.69) is 71.0 Å². The summed E-state index contributed by atoms with van der Waals surface area (Å²) in [5, 5.41) is 9.67. The number of imidazole rings is 1. The molecule has 4 nitrogen and oxygen atoms in total. The first-order valence-electron chi connectivity index (χ1n) is 11.4. The maximum atomic E-state index is 9.67. The van der Waals surface area contributed by atoms with Gasteiger partial charge in [0.1, 0.15) is 11.6 Å². The summed E-state index contributed by atoms with van der Waals surface area (Å²) < 4.78 is 2.38. The van der Waals surface area contributed by atoms with Crippen LogP contribution in [0.2, 0.25) is 0 Å². The van der Waals surface area contributed by atoms with Crippen molar-refractivity contribution in [1.82, 2.24) is 14.5 Å². The molecule has 4 heteroatoms. The van der Waals surface area contributed by atoms with Crippen molar-refractivity contribution in [3.63, 3.8) is 0 Å². The van der Waals surface area contributed by atoms with Gasteiger partial charge in [-0.05, 0) is 29.7 Å². The number of hydrogen-bond donors (Lipinski definition) is 1. The topological polar surface area (TPSA) is 41.3 Å². The summed E-state index contributed by atoms with van der Waals surface area (Å²) >= 11 is 0. The van der Waals surface area contributed by atoms with E-state index in [9.17, 15) is 5.11 Å². The Hall–Kier alpha value is -3.37. The smallest absolute Gasteiger partial charge is 0.140 e. The quantitative estimate of drug-likeness (QED) is 0.326. The predicted octanol–water partition coefficient (Wildman–Crippen LogP) is 6.26. The van der Waals surface area contributed by atoms with Gasteiger partial charge in [0.05, 0.1) is 11.9 Å². The second-order valence-corrected chi connectivity index (χ2v) is 8.24. The summed E-state index contributed by atoms with van der Waals surface area (Å²) in [6, 6.07) is 28.5. The molecular formula is C28H31N3O. The molecule has 0 aliphatic rings. The number of aromatic hydroxyl groups is 1. The van der Waals surface area contributed by atoms with Crippen LogP contribution in [0.4, 0.5) is 0 Å². The lowest BCUT2D eigenvalue weighted by molar-refractivity contribution is 0.241. The molecule has 0 spiro atoms. The van der Waals surface area contributed by atoms with Gasteiger partial charge in [0, 0.05) is 31.7 Å². The fourth-order valence-electron chi connectivity index (χ4n) is 4.02. The first-order valence-corrected chi connectivity index (χ1v) is 11.4. The first kappa shape index (κ1) is 21.8. The number of unbranched alkanes of at least 4 members (excludes halogenated alkanes) is 1. The Labute approximate surface area is 190 Å². The van der Waals surface area contributed by atoms with E-state index in [0.29, 0.717) is 5.75 Å². The summed E-state index contributed by atoms with van der Waals surface area (Å²) in [7, 11) is 0. The number of hydrogen-bond acceptors (Lipinski definition) is 3. The normalized spacial score (nSPS) is 11.2. The molecule has 0 saturated carbocycles. The zero-order valence-electron chi connectivity index (χ0n) is 18.7. The molecule has 0 unspecified atom stereocenters. The molecule has 0 saturated heterocycles. The molecule has 0 bridgehead atoms. The van der Waals surface area contributed by atoms with Crippen molar-refractivity contribution in [2.45, 2.75) is 45.9 Å². The zero-order valence-corrected chi connectivity index (χ0v) is 18.7. The molecule has 1 aromatic heterocycles. The highest BCUT2D eigenvalue weighted by atomic mass is 16.3. The number of rotatable bonds is 10. The fraction of sp³-hybridized carbons (Fsp3) is 0.250. The van der Waals surface area contributed by atoms with Crippen LogP contribution < -0.4 is 0 Å². The molecule has 1 heterocycles. The third-order valence-corrected chi connectivity index (χ3v) is 5.68. The first-order chi connectivity index (χ1) is 15.7. The molecule has 3 aromatic carbocycles. The van der Waals surface area contributed by atoms with Crippen LogP contribution in [0, 0.1) is 0 Å². The Balaban J connectivity index is 1.62. The van der Waals surface area contributed by atoms with Crippen molar-refractivity contribution in [2.24, 2.45) is 0 Å². The lowest BCUT2D eigenvalue weighted by Crippen LogP contribution is -2.24. The average molecular weight is 426 g/mol. The van der Waals surface area contributed by atoms with Crippen molar-refractivity contribution in [1.29, 1.82) is 0 Å². The highest BCUT2D eigenvalue weighted by Crippen LogP contribution is 2.23. The third kappa shape index (κ3) is 5.65. The number of nitrogens with zero attached hydrogens (tertiary/aromatic N) is 3. The van der Waals surface area contributed by atoms with E-state index in [1.54, 1.807) is 12.1 Å². The van der Waals surface area contributed by atoms with Gasteiger partial charge in [-0.1, -0.05) is 86.1 Å². The largest absolute Gasteiger partial charge is 0.508 e. The lowest BCUT2D eigenvalue weighted by Gasteiger charge is -2.24. The van der Waals surface area contributed by atoms with Gasteiger partial charge in [0.25, 0.3) is 0 Å². The molecule has 0 amide bonds. The van der Waals surface area contributed by atoms with E-state index in [1.807, 2.05) is 24.4 Å². The van der Waals surface area contributed by atoms with Crippen molar-refractivity contribution in [3.8, 4) is 17.1 Å². The van der Waals surface area contributed by atoms with Gasteiger partial charge >= 0.3 is 0 Å². The molecular weight excluding hydrogens is 394 g/mol. The molecule has 1 N–H and O–H groups in total. The molecule has 164 valence electrons. The summed E-state index contributed by atoms with van der Waals surface area (Å²) in [5.74, 6) is 1.34. The number of phenols is 1. The number of benzene rings is 3. The second kappa shape index (κ2) is 10.8. The van der Waals surface area contributed by atoms with Crippen molar-refractivity contribution < 1.29 is 5.11 Å². The second-order valence-electron chi connectivity index (χ2n) is 8.24. The van der Waals surface area contributed by atoms with E-state index in [0.717, 1.165) is 50.4 Å². The number of phenolic OH excluding ortho intramolecular Hbond substituents is 1. The van der Waals surface area contributed by atoms with Gasteiger partial charge in [0.15, 0.2) is 0 Å². The highest BCUT2D eigenvalue weighted by molar-refractivity contribution is 5.55. The Morgan fingerprint density at radius 2 is 1.41 bits per heavy atom. The van der Waals surface area contributed by atoms with Crippen molar-refractivity contribution in [2.75, 3.05) is 0 Å². The number of aromatic nitrogens is 2. The molecule has 0 fully saturated rings. The molecule has 0 radical (unpaired) electrons. The molecule has 4 aromatic rings. The van der Waals surface area contributed by atoms with Gasteiger partial charge in [-0.2, -0.15) is 0 Å². The molecule has 32 heavy (non-hydrogen) atoms. The molecule has 0 aliphatic heterocycles. The molecule has 0 aliphatic carbocycles. The van der Waals surface area contributed by atoms with Crippen molar-refractivity contribution >= 4 is 0 Å². The summed E-state index contributed by atoms with van der Waals surface area (Å²) in [6.07, 6.45) is 4.31. The Morgan fingerprint density at radius 1 is 0.781 bits per heavy atom. The van der Waals surface area contributed by atoms with Crippen LogP contribution in [0.25, 0.3) is 11.4 Å². The highest BCUT2D eigenvalue weighted by Gasteiger charge is 2.16. The van der Waals surface area contributed by atoms with Crippen LogP contribution in [-0.4, -0.2) is 19.6 Å². The van der Waals surface area contributed by atoms with E-state index in [-0.39, 0.29) is 0 Å². The van der Waals surface area contributed by atoms with Crippen LogP contribution >= 0.6 is 0 Å². The monoisotopic (exact) mass is 425 g/mol. The minimum atomic E-state index is 0.300. The Morgan fingerprint density at radius 3 is 2.06 bits per heavy atom. The van der Waals surface area contributed by atoms with Gasteiger partial charge in [-0.25, -0.2) is 4.98 Å². The van der Waals surface area contributed by atoms with E-state index in [4.69, 9.17) is 4.98 Å². The van der Waals surface area contributed by atoms with E-state index >= 15 is 0 Å². The Bertz CT molecular complexity index is 1090. The van der Waals surface area contributed by atoms with E-state index < -0.39 is 0 Å². The Kier molecular flexibility index (Phi) is 7.36. The maximum absolute atomic E-state index is 9.67. The summed E-state index contributed by atoms with van der Waals surface area (Å²) in [6.45, 7) is 5.65. The van der Waals surface area contributed by atoms with Crippen molar-refractivity contribution in [3.05, 3.63) is 108 Å². The molecule has 0 atom stereocenters. The standard InChI is InChI=1S/C28H31N3O/c1-2-3-18-31-26(19-29-28(31)25-12-8-5-9-13-25)22-30(20-23-10-6-4-7-11-23)21-24-14-16-27(32)17-15-24/h4-17,19,32H,2-3,18,20-22H2,1H3. The average Bonchev–Trinajstić information content (AvgIpc) is 3.22. The van der Waals surface area contributed by atoms with E-state index in [1.165, 1.54) is 16.8 Å². The van der Waals surface area contributed by atoms with Crippen LogP contribution in [-0.2, 0) is 26.2 Å². The SMILES string of the molecule is CCCCn1c(CN(Cc2ccccc2)Cc2ccc(O)cc2)cnc1-c1ccccc1. The van der Waals surface area contributed by atoms with Gasteiger partial charge in [-0.3, -0.25) is 4.90 Å². The summed E-state index contributed by atoms with van der Waals surface area (Å²) in [4.78, 5) is 7.26. The van der Waals surface area contributed by atoms with Crippen LogP contribution in [0.15, 0.2) is 91.1 Å². The van der Waals surface area contributed by atoms with Gasteiger partial charge < -0.3 is 9.67 Å².